The summed E-state index contributed by atoms with van der Waals surface area (Å²) in [6, 6.07) is 10.7. The van der Waals surface area contributed by atoms with Gasteiger partial charge in [0.15, 0.2) is 5.78 Å². The average Bonchev–Trinajstić information content (AvgIpc) is 3.30. The normalized spacial score (nSPS) is 13.8. The van der Waals surface area contributed by atoms with Crippen molar-refractivity contribution in [2.45, 2.75) is 18.9 Å². The number of rotatable bonds is 5. The third-order valence-electron chi connectivity index (χ3n) is 3.13. The number of pyridine rings is 1. The second-order valence-electron chi connectivity index (χ2n) is 4.73. The van der Waals surface area contributed by atoms with Crippen LogP contribution < -0.4 is 9.47 Å². The summed E-state index contributed by atoms with van der Waals surface area (Å²) >= 11 is 0. The lowest BCUT2D eigenvalue weighted by Crippen LogP contribution is -2.06. The van der Waals surface area contributed by atoms with E-state index in [0.717, 1.165) is 18.6 Å². The minimum Gasteiger partial charge on any atom is -0.490 e. The number of ketones is 1. The summed E-state index contributed by atoms with van der Waals surface area (Å²) in [5.41, 5.74) is 1.04. The first kappa shape index (κ1) is 12.7. The molecular weight excluding hydrogens is 254 g/mol. The van der Waals surface area contributed by atoms with Crippen LogP contribution in [0.2, 0.25) is 0 Å². The Kier molecular flexibility index (Phi) is 3.37. The van der Waals surface area contributed by atoms with E-state index in [4.69, 9.17) is 9.47 Å². The Morgan fingerprint density at radius 2 is 2.10 bits per heavy atom. The summed E-state index contributed by atoms with van der Waals surface area (Å²) in [6.07, 6.45) is 4.10. The number of ether oxygens (including phenoxy) is 2. The first-order chi connectivity index (χ1) is 9.78. The molecule has 2 aromatic rings. The maximum atomic E-state index is 12.5. The van der Waals surface area contributed by atoms with E-state index in [-0.39, 0.29) is 5.78 Å². The molecule has 1 aliphatic carbocycles. The Labute approximate surface area is 117 Å². The summed E-state index contributed by atoms with van der Waals surface area (Å²) in [7, 11) is 1.51. The van der Waals surface area contributed by atoms with Gasteiger partial charge in [-0.2, -0.15) is 0 Å². The molecule has 1 aliphatic rings. The SMILES string of the molecule is COc1ncccc1C(=O)c1cccc(OC2CC2)c1. The zero-order valence-electron chi connectivity index (χ0n) is 11.2. The fraction of sp³-hybridized carbons (Fsp3) is 0.250. The molecule has 0 atom stereocenters. The van der Waals surface area contributed by atoms with E-state index in [2.05, 4.69) is 4.98 Å². The molecule has 0 saturated heterocycles. The number of benzene rings is 1. The fourth-order valence-electron chi connectivity index (χ4n) is 1.97. The Hall–Kier alpha value is -2.36. The molecule has 0 bridgehead atoms. The highest BCUT2D eigenvalue weighted by Gasteiger charge is 2.24. The second-order valence-corrected chi connectivity index (χ2v) is 4.73. The number of aromatic nitrogens is 1. The van der Waals surface area contributed by atoms with Crippen molar-refractivity contribution in [2.24, 2.45) is 0 Å². The van der Waals surface area contributed by atoms with Gasteiger partial charge in [0, 0.05) is 11.8 Å². The zero-order chi connectivity index (χ0) is 13.9. The van der Waals surface area contributed by atoms with E-state index in [9.17, 15) is 4.79 Å². The van der Waals surface area contributed by atoms with Crippen molar-refractivity contribution in [2.75, 3.05) is 7.11 Å². The van der Waals surface area contributed by atoms with Gasteiger partial charge in [0.2, 0.25) is 5.88 Å². The summed E-state index contributed by atoms with van der Waals surface area (Å²) in [6.45, 7) is 0. The van der Waals surface area contributed by atoms with Gasteiger partial charge in [0.1, 0.15) is 5.75 Å². The van der Waals surface area contributed by atoms with Crippen LogP contribution in [-0.2, 0) is 0 Å². The standard InChI is InChI=1S/C16H15NO3/c1-19-16-14(6-3-9-17-16)15(18)11-4-2-5-13(10-11)20-12-7-8-12/h2-6,9-10,12H,7-8H2,1H3. The van der Waals surface area contributed by atoms with Crippen LogP contribution in [0.3, 0.4) is 0 Å². The molecule has 102 valence electrons. The van der Waals surface area contributed by atoms with Crippen LogP contribution in [0.25, 0.3) is 0 Å². The molecule has 0 unspecified atom stereocenters. The molecule has 0 N–H and O–H groups in total. The second kappa shape index (κ2) is 5.33. The fourth-order valence-corrected chi connectivity index (χ4v) is 1.97. The van der Waals surface area contributed by atoms with Gasteiger partial charge in [-0.05, 0) is 37.1 Å². The third-order valence-corrected chi connectivity index (χ3v) is 3.13. The van der Waals surface area contributed by atoms with Crippen LogP contribution in [0.5, 0.6) is 11.6 Å². The number of hydrogen-bond acceptors (Lipinski definition) is 4. The molecule has 1 saturated carbocycles. The molecule has 1 heterocycles. The van der Waals surface area contributed by atoms with E-state index in [1.165, 1.54) is 7.11 Å². The number of carbonyl (C=O) groups excluding carboxylic acids is 1. The van der Waals surface area contributed by atoms with Crippen molar-refractivity contribution < 1.29 is 14.3 Å². The number of nitrogens with zero attached hydrogens (tertiary/aromatic N) is 1. The number of hydrogen-bond donors (Lipinski definition) is 0. The maximum Gasteiger partial charge on any atom is 0.224 e. The van der Waals surface area contributed by atoms with Crippen LogP contribution >= 0.6 is 0 Å². The van der Waals surface area contributed by atoms with Crippen molar-refractivity contribution in [3.05, 3.63) is 53.7 Å². The summed E-state index contributed by atoms with van der Waals surface area (Å²) < 4.78 is 10.8. The third kappa shape index (κ3) is 2.64. The Bertz CT molecular complexity index is 635. The summed E-state index contributed by atoms with van der Waals surface area (Å²) in [4.78, 5) is 16.6. The number of methoxy groups -OCH3 is 1. The van der Waals surface area contributed by atoms with Crippen LogP contribution in [-0.4, -0.2) is 24.0 Å². The Morgan fingerprint density at radius 1 is 1.25 bits per heavy atom. The van der Waals surface area contributed by atoms with Gasteiger partial charge in [0.05, 0.1) is 18.8 Å². The van der Waals surface area contributed by atoms with Gasteiger partial charge in [-0.25, -0.2) is 4.98 Å². The molecule has 0 amide bonds. The van der Waals surface area contributed by atoms with Crippen molar-refractivity contribution in [1.82, 2.24) is 4.98 Å². The minimum atomic E-state index is -0.115. The first-order valence-electron chi connectivity index (χ1n) is 6.58. The topological polar surface area (TPSA) is 48.4 Å². The van der Waals surface area contributed by atoms with Crippen molar-refractivity contribution in [3.63, 3.8) is 0 Å². The van der Waals surface area contributed by atoms with E-state index in [1.807, 2.05) is 12.1 Å². The largest absolute Gasteiger partial charge is 0.490 e. The van der Waals surface area contributed by atoms with Gasteiger partial charge in [0.25, 0.3) is 0 Å². The predicted octanol–water partition coefficient (Wildman–Crippen LogP) is 2.86. The lowest BCUT2D eigenvalue weighted by atomic mass is 10.0. The van der Waals surface area contributed by atoms with Crippen molar-refractivity contribution in [3.8, 4) is 11.6 Å². The van der Waals surface area contributed by atoms with Gasteiger partial charge in [-0.1, -0.05) is 12.1 Å². The average molecular weight is 269 g/mol. The predicted molar refractivity (Wildman–Crippen MR) is 74.3 cm³/mol. The van der Waals surface area contributed by atoms with Gasteiger partial charge >= 0.3 is 0 Å². The maximum absolute atomic E-state index is 12.5. The van der Waals surface area contributed by atoms with Gasteiger partial charge in [-0.15, -0.1) is 0 Å². The molecule has 4 nitrogen and oxygen atoms in total. The molecule has 0 aliphatic heterocycles. The lowest BCUT2D eigenvalue weighted by Gasteiger charge is -2.08. The zero-order valence-corrected chi connectivity index (χ0v) is 11.2. The minimum absolute atomic E-state index is 0.115. The molecule has 4 heteroatoms. The highest BCUT2D eigenvalue weighted by atomic mass is 16.5. The highest BCUT2D eigenvalue weighted by molar-refractivity contribution is 6.10. The summed E-state index contributed by atoms with van der Waals surface area (Å²) in [5.74, 6) is 0.961. The molecular formula is C16H15NO3. The first-order valence-corrected chi connectivity index (χ1v) is 6.58. The van der Waals surface area contributed by atoms with Crippen molar-refractivity contribution in [1.29, 1.82) is 0 Å². The molecule has 1 aromatic heterocycles. The van der Waals surface area contributed by atoms with E-state index in [0.29, 0.717) is 23.1 Å². The van der Waals surface area contributed by atoms with Crippen LogP contribution in [0.15, 0.2) is 42.6 Å². The monoisotopic (exact) mass is 269 g/mol. The molecule has 0 spiro atoms. The van der Waals surface area contributed by atoms with E-state index < -0.39 is 0 Å². The summed E-state index contributed by atoms with van der Waals surface area (Å²) in [5, 5.41) is 0. The Morgan fingerprint density at radius 3 is 2.85 bits per heavy atom. The Balaban J connectivity index is 1.89. The quantitative estimate of drug-likeness (QED) is 0.783. The smallest absolute Gasteiger partial charge is 0.224 e. The molecule has 3 rings (SSSR count). The van der Waals surface area contributed by atoms with Gasteiger partial charge < -0.3 is 9.47 Å². The van der Waals surface area contributed by atoms with E-state index in [1.54, 1.807) is 30.5 Å². The molecule has 1 aromatic carbocycles. The van der Waals surface area contributed by atoms with Crippen molar-refractivity contribution >= 4 is 5.78 Å². The van der Waals surface area contributed by atoms with Crippen LogP contribution in [0, 0.1) is 0 Å². The lowest BCUT2D eigenvalue weighted by molar-refractivity contribution is 0.103. The van der Waals surface area contributed by atoms with E-state index >= 15 is 0 Å². The molecule has 20 heavy (non-hydrogen) atoms. The number of carbonyl (C=O) groups is 1. The highest BCUT2D eigenvalue weighted by Crippen LogP contribution is 2.28. The molecule has 0 radical (unpaired) electrons. The molecule has 1 fully saturated rings. The van der Waals surface area contributed by atoms with Gasteiger partial charge in [-0.3, -0.25) is 4.79 Å². The van der Waals surface area contributed by atoms with Crippen LogP contribution in [0.4, 0.5) is 0 Å². The van der Waals surface area contributed by atoms with Crippen LogP contribution in [0.1, 0.15) is 28.8 Å².